The Bertz CT molecular complexity index is 1070. The molecule has 1 aliphatic carbocycles. The summed E-state index contributed by atoms with van der Waals surface area (Å²) < 4.78 is 27.1. The van der Waals surface area contributed by atoms with Crippen molar-refractivity contribution in [3.63, 3.8) is 0 Å². The van der Waals surface area contributed by atoms with Gasteiger partial charge in [-0.15, -0.1) is 0 Å². The number of piperazine rings is 1. The summed E-state index contributed by atoms with van der Waals surface area (Å²) in [6.07, 6.45) is 2.27. The number of hydrogen-bond acceptors (Lipinski definition) is 8. The lowest BCUT2D eigenvalue weighted by Gasteiger charge is -2.37. The van der Waals surface area contributed by atoms with E-state index >= 15 is 0 Å². The summed E-state index contributed by atoms with van der Waals surface area (Å²) in [4.78, 5) is 17.5. The number of methoxy groups -OCH3 is 5. The maximum atomic E-state index is 13.3. The molecule has 2 atom stereocenters. The van der Waals surface area contributed by atoms with Gasteiger partial charge < -0.3 is 33.7 Å². The van der Waals surface area contributed by atoms with Crippen LogP contribution in [-0.4, -0.2) is 89.1 Å². The van der Waals surface area contributed by atoms with Crippen molar-refractivity contribution in [2.24, 2.45) is 5.92 Å². The zero-order valence-corrected chi connectivity index (χ0v) is 22.4. The van der Waals surface area contributed by atoms with Crippen LogP contribution in [0.3, 0.4) is 0 Å². The predicted molar refractivity (Wildman–Crippen MR) is 139 cm³/mol. The Labute approximate surface area is 218 Å². The quantitative estimate of drug-likeness (QED) is 0.538. The molecule has 0 spiro atoms. The fourth-order valence-corrected chi connectivity index (χ4v) is 5.44. The molecule has 1 aliphatic heterocycles. The number of benzene rings is 2. The summed E-state index contributed by atoms with van der Waals surface area (Å²) >= 11 is 0. The molecular formula is C28H38N2O7. The van der Waals surface area contributed by atoms with Crippen LogP contribution in [0.2, 0.25) is 0 Å². The number of aryl methyl sites for hydroxylation is 1. The van der Waals surface area contributed by atoms with E-state index in [0.29, 0.717) is 47.4 Å². The second-order valence-corrected chi connectivity index (χ2v) is 9.51. The molecule has 2 aromatic rings. The van der Waals surface area contributed by atoms with Crippen LogP contribution >= 0.6 is 0 Å². The molecule has 37 heavy (non-hydrogen) atoms. The molecule has 9 nitrogen and oxygen atoms in total. The second-order valence-electron chi connectivity index (χ2n) is 9.51. The van der Waals surface area contributed by atoms with Crippen LogP contribution in [0.4, 0.5) is 0 Å². The standard InChI is InChI=1S/C28H38N2O7/c1-33-22-13-18-7-6-8-19(26(31)21(18)16-23(22)34-2)17-29-9-11-30(12-10-29)28(32)20-14-24(35-3)27(37-5)25(15-20)36-4/h13-16,19,26,31H,6-12,17H2,1-5H3. The van der Waals surface area contributed by atoms with Crippen molar-refractivity contribution >= 4 is 5.91 Å². The van der Waals surface area contributed by atoms with Crippen molar-refractivity contribution in [1.82, 2.24) is 9.80 Å². The summed E-state index contributed by atoms with van der Waals surface area (Å²) in [5, 5.41) is 11.3. The van der Waals surface area contributed by atoms with Gasteiger partial charge in [0.05, 0.1) is 41.7 Å². The highest BCUT2D eigenvalue weighted by molar-refractivity contribution is 5.95. The summed E-state index contributed by atoms with van der Waals surface area (Å²) in [5.41, 5.74) is 2.55. The van der Waals surface area contributed by atoms with Crippen LogP contribution in [0.15, 0.2) is 24.3 Å². The molecule has 0 aromatic heterocycles. The third-order valence-electron chi connectivity index (χ3n) is 7.50. The second kappa shape index (κ2) is 11.9. The lowest BCUT2D eigenvalue weighted by molar-refractivity contribution is 0.0456. The summed E-state index contributed by atoms with van der Waals surface area (Å²) in [6.45, 7) is 3.50. The van der Waals surface area contributed by atoms with Crippen LogP contribution in [0.1, 0.15) is 40.4 Å². The molecular weight excluding hydrogens is 476 g/mol. The van der Waals surface area contributed by atoms with Gasteiger partial charge in [-0.1, -0.05) is 0 Å². The highest BCUT2D eigenvalue weighted by Crippen LogP contribution is 2.40. The first-order chi connectivity index (χ1) is 17.9. The third kappa shape index (κ3) is 5.57. The summed E-state index contributed by atoms with van der Waals surface area (Å²) in [7, 11) is 7.86. The van der Waals surface area contributed by atoms with Gasteiger partial charge in [-0.25, -0.2) is 0 Å². The largest absolute Gasteiger partial charge is 0.493 e. The molecule has 4 rings (SSSR count). The van der Waals surface area contributed by atoms with Crippen molar-refractivity contribution in [1.29, 1.82) is 0 Å². The lowest BCUT2D eigenvalue weighted by atomic mass is 9.92. The smallest absolute Gasteiger partial charge is 0.254 e. The van der Waals surface area contributed by atoms with Crippen LogP contribution in [0.25, 0.3) is 0 Å². The molecule has 1 heterocycles. The minimum Gasteiger partial charge on any atom is -0.493 e. The Morgan fingerprint density at radius 2 is 1.43 bits per heavy atom. The number of nitrogens with zero attached hydrogens (tertiary/aromatic N) is 2. The number of carbonyl (C=O) groups is 1. The molecule has 2 unspecified atom stereocenters. The first-order valence-electron chi connectivity index (χ1n) is 12.7. The minimum absolute atomic E-state index is 0.0663. The fraction of sp³-hybridized carbons (Fsp3) is 0.536. The SMILES string of the molecule is COc1cc2c(cc1OC)C(O)C(CN1CCN(C(=O)c3cc(OC)c(OC)c(OC)c3)CC1)CCC2. The van der Waals surface area contributed by atoms with Crippen LogP contribution in [0, 0.1) is 5.92 Å². The number of aliphatic hydroxyl groups excluding tert-OH is 1. The Morgan fingerprint density at radius 1 is 0.838 bits per heavy atom. The topological polar surface area (TPSA) is 89.9 Å². The van der Waals surface area contributed by atoms with E-state index in [0.717, 1.165) is 50.0 Å². The van der Waals surface area contributed by atoms with Crippen LogP contribution in [-0.2, 0) is 6.42 Å². The van der Waals surface area contributed by atoms with Gasteiger partial charge in [0, 0.05) is 44.2 Å². The van der Waals surface area contributed by atoms with Gasteiger partial charge in [0.1, 0.15) is 0 Å². The third-order valence-corrected chi connectivity index (χ3v) is 7.50. The Hall–Kier alpha value is -3.17. The molecule has 9 heteroatoms. The predicted octanol–water partition coefficient (Wildman–Crippen LogP) is 3.17. The first kappa shape index (κ1) is 26.9. The van der Waals surface area contributed by atoms with E-state index in [4.69, 9.17) is 23.7 Å². The Balaban J connectivity index is 1.41. The lowest BCUT2D eigenvalue weighted by Crippen LogP contribution is -2.50. The number of aliphatic hydroxyl groups is 1. The number of amides is 1. The normalized spacial score (nSPS) is 20.0. The highest BCUT2D eigenvalue weighted by Gasteiger charge is 2.31. The fourth-order valence-electron chi connectivity index (χ4n) is 5.44. The van der Waals surface area contributed by atoms with E-state index in [-0.39, 0.29) is 11.8 Å². The van der Waals surface area contributed by atoms with Crippen molar-refractivity contribution in [2.75, 3.05) is 68.3 Å². The maximum Gasteiger partial charge on any atom is 0.254 e. The Kier molecular flexibility index (Phi) is 8.66. The van der Waals surface area contributed by atoms with Crippen molar-refractivity contribution in [3.05, 3.63) is 41.0 Å². The zero-order valence-electron chi connectivity index (χ0n) is 22.4. The van der Waals surface area contributed by atoms with Gasteiger partial charge in [0.15, 0.2) is 23.0 Å². The first-order valence-corrected chi connectivity index (χ1v) is 12.7. The van der Waals surface area contributed by atoms with Gasteiger partial charge >= 0.3 is 0 Å². The average Bonchev–Trinajstić information content (AvgIpc) is 3.09. The Morgan fingerprint density at radius 3 is 2.00 bits per heavy atom. The van der Waals surface area contributed by atoms with E-state index in [1.165, 1.54) is 21.3 Å². The van der Waals surface area contributed by atoms with E-state index in [1.807, 2.05) is 17.0 Å². The molecule has 2 aromatic carbocycles. The molecule has 202 valence electrons. The summed E-state index contributed by atoms with van der Waals surface area (Å²) in [6, 6.07) is 7.30. The number of fused-ring (bicyclic) bond motifs is 1. The van der Waals surface area contributed by atoms with E-state index < -0.39 is 6.10 Å². The summed E-state index contributed by atoms with van der Waals surface area (Å²) in [5.74, 6) is 2.76. The van der Waals surface area contributed by atoms with E-state index in [9.17, 15) is 9.90 Å². The number of carbonyl (C=O) groups excluding carboxylic acids is 1. The molecule has 1 fully saturated rings. The number of hydrogen-bond donors (Lipinski definition) is 1. The molecule has 0 bridgehead atoms. The molecule has 1 N–H and O–H groups in total. The number of ether oxygens (including phenoxy) is 5. The van der Waals surface area contributed by atoms with Crippen LogP contribution < -0.4 is 23.7 Å². The van der Waals surface area contributed by atoms with E-state index in [2.05, 4.69) is 4.90 Å². The highest BCUT2D eigenvalue weighted by atomic mass is 16.5. The van der Waals surface area contributed by atoms with Crippen molar-refractivity contribution in [2.45, 2.75) is 25.4 Å². The van der Waals surface area contributed by atoms with Gasteiger partial charge in [-0.2, -0.15) is 0 Å². The zero-order chi connectivity index (χ0) is 26.5. The molecule has 2 aliphatic rings. The van der Waals surface area contributed by atoms with Gasteiger partial charge in [-0.05, 0) is 54.7 Å². The van der Waals surface area contributed by atoms with Crippen molar-refractivity contribution < 1.29 is 33.6 Å². The molecule has 1 amide bonds. The van der Waals surface area contributed by atoms with Crippen LogP contribution in [0.5, 0.6) is 28.7 Å². The molecule has 0 radical (unpaired) electrons. The van der Waals surface area contributed by atoms with E-state index in [1.54, 1.807) is 26.4 Å². The maximum absolute atomic E-state index is 13.3. The average molecular weight is 515 g/mol. The van der Waals surface area contributed by atoms with Gasteiger partial charge in [-0.3, -0.25) is 9.69 Å². The van der Waals surface area contributed by atoms with Gasteiger partial charge in [0.25, 0.3) is 5.91 Å². The van der Waals surface area contributed by atoms with Gasteiger partial charge in [0.2, 0.25) is 5.75 Å². The monoisotopic (exact) mass is 514 g/mol. The number of rotatable bonds is 8. The van der Waals surface area contributed by atoms with Crippen molar-refractivity contribution in [3.8, 4) is 28.7 Å². The molecule has 0 saturated carbocycles. The minimum atomic E-state index is -0.573. The molecule has 1 saturated heterocycles.